The van der Waals surface area contributed by atoms with Crippen molar-refractivity contribution in [3.8, 4) is 0 Å². The summed E-state index contributed by atoms with van der Waals surface area (Å²) < 4.78 is 47.6. The van der Waals surface area contributed by atoms with Crippen molar-refractivity contribution in [2.75, 3.05) is 11.8 Å². The molecule has 28 heavy (non-hydrogen) atoms. The molecule has 1 aliphatic rings. The molecule has 15 nitrogen and oxygen atoms in total. The molecule has 0 fully saturated rings. The molecular weight excluding hydrogens is 445 g/mol. The van der Waals surface area contributed by atoms with E-state index in [1.165, 1.54) is 17.7 Å². The molecule has 4 unspecified atom stereocenters. The van der Waals surface area contributed by atoms with Gasteiger partial charge < -0.3 is 29.6 Å². The van der Waals surface area contributed by atoms with E-state index in [0.29, 0.717) is 5.69 Å². The van der Waals surface area contributed by atoms with Gasteiger partial charge in [-0.25, -0.2) is 13.4 Å². The minimum absolute atomic E-state index is 0.142. The van der Waals surface area contributed by atoms with Crippen LogP contribution in [0.5, 0.6) is 0 Å². The first kappa shape index (κ1) is 23.2. The maximum absolute atomic E-state index is 11.8. The number of phosphoric acid groups is 2. The van der Waals surface area contributed by atoms with Crippen molar-refractivity contribution in [3.05, 3.63) is 23.5 Å². The normalized spacial score (nSPS) is 22.4. The number of aromatic nitrogens is 1. The zero-order chi connectivity index (χ0) is 21.3. The van der Waals surface area contributed by atoms with Crippen molar-refractivity contribution >= 4 is 29.1 Å². The Kier molecular flexibility index (Phi) is 6.91. The third kappa shape index (κ3) is 6.76. The second-order valence-corrected chi connectivity index (χ2v) is 10.5. The highest BCUT2D eigenvalue weighted by Gasteiger charge is 2.40. The number of carbonyl (C=O) groups excluding carboxylic acids is 1. The minimum atomic E-state index is -5.51. The summed E-state index contributed by atoms with van der Waals surface area (Å²) in [7, 11) is -15.8. The summed E-state index contributed by atoms with van der Waals surface area (Å²) in [5.41, 5.74) is 9.25. The highest BCUT2D eigenvalue weighted by atomic mass is 31.3. The van der Waals surface area contributed by atoms with Crippen LogP contribution >= 0.6 is 23.2 Å². The van der Waals surface area contributed by atoms with Crippen LogP contribution in [-0.4, -0.2) is 48.9 Å². The van der Waals surface area contributed by atoms with Gasteiger partial charge in [0.05, 0.1) is 6.10 Å². The van der Waals surface area contributed by atoms with Crippen molar-refractivity contribution in [1.82, 2.24) is 9.99 Å². The lowest BCUT2D eigenvalue weighted by Crippen LogP contribution is -2.55. The van der Waals surface area contributed by atoms with Crippen molar-refractivity contribution < 1.29 is 51.4 Å². The van der Waals surface area contributed by atoms with Crippen molar-refractivity contribution in [1.29, 1.82) is 0 Å². The zero-order valence-electron chi connectivity index (χ0n) is 14.2. The molecule has 2 rings (SSSR count). The van der Waals surface area contributed by atoms with Crippen LogP contribution in [0.25, 0.3) is 0 Å². The molecule has 0 radical (unpaired) electrons. The average molecular weight is 464 g/mol. The van der Waals surface area contributed by atoms with E-state index in [0.717, 1.165) is 0 Å². The van der Waals surface area contributed by atoms with Gasteiger partial charge in [-0.1, -0.05) is 0 Å². The molecule has 8 N–H and O–H groups in total. The predicted molar refractivity (Wildman–Crippen MR) is 92.2 cm³/mol. The summed E-state index contributed by atoms with van der Waals surface area (Å²) in [5, 5.41) is 2.46. The van der Waals surface area contributed by atoms with Gasteiger partial charge in [0.1, 0.15) is 12.0 Å². The van der Waals surface area contributed by atoms with Crippen LogP contribution < -0.4 is 16.5 Å². The fraction of sp³-hybridized carbons (Fsp3) is 0.500. The molecule has 18 heteroatoms. The topological polar surface area (TPSA) is 232 Å². The Morgan fingerprint density at radius 3 is 2.46 bits per heavy atom. The SMILES string of the molecule is CC(Cc1ccc2n1NC(N)NC2=O)OCP(=O)(O)OP(=O)(O)OP(=O)(O)O. The van der Waals surface area contributed by atoms with Gasteiger partial charge in [-0.3, -0.25) is 25.2 Å². The number of nitrogens with two attached hydrogens (primary N) is 1. The lowest BCUT2D eigenvalue weighted by molar-refractivity contribution is 0.0856. The van der Waals surface area contributed by atoms with Crippen molar-refractivity contribution in [3.63, 3.8) is 0 Å². The molecule has 1 aromatic heterocycles. The van der Waals surface area contributed by atoms with E-state index in [-0.39, 0.29) is 12.1 Å². The van der Waals surface area contributed by atoms with Crippen LogP contribution in [0, 0.1) is 0 Å². The fourth-order valence-corrected chi connectivity index (χ4v) is 5.65. The van der Waals surface area contributed by atoms with Crippen LogP contribution in [0.2, 0.25) is 0 Å². The Morgan fingerprint density at radius 2 is 1.86 bits per heavy atom. The van der Waals surface area contributed by atoms with E-state index in [1.54, 1.807) is 6.07 Å². The standard InChI is InChI=1S/C10H19N4O11P3/c1-6(4-7-2-3-8-9(15)12-10(11)13-14(7)8)23-5-26(16,17)24-28(21,22)25-27(18,19)20/h2-3,6,10,13H,4-5,11H2,1H3,(H,12,15)(H,16,17)(H,21,22)(H2,18,19,20). The number of hydrogen-bond acceptors (Lipinski definition) is 9. The molecule has 1 amide bonds. The molecule has 0 saturated heterocycles. The lowest BCUT2D eigenvalue weighted by atomic mass is 10.2. The number of carbonyl (C=O) groups is 1. The fourth-order valence-electron chi connectivity index (χ4n) is 2.26. The maximum Gasteiger partial charge on any atom is 0.488 e. The Morgan fingerprint density at radius 1 is 1.21 bits per heavy atom. The molecule has 2 heterocycles. The van der Waals surface area contributed by atoms with E-state index in [1.807, 2.05) is 0 Å². The molecular formula is C10H19N4O11P3. The smallest absolute Gasteiger partial charge is 0.365 e. The van der Waals surface area contributed by atoms with Crippen LogP contribution in [0.4, 0.5) is 0 Å². The van der Waals surface area contributed by atoms with Gasteiger partial charge in [0.2, 0.25) is 0 Å². The Labute approximate surface area is 158 Å². The van der Waals surface area contributed by atoms with E-state index in [4.69, 9.17) is 25.2 Å². The van der Waals surface area contributed by atoms with E-state index in [9.17, 15) is 23.4 Å². The van der Waals surface area contributed by atoms with E-state index < -0.39 is 47.9 Å². The average Bonchev–Trinajstić information content (AvgIpc) is 2.84. The molecule has 0 saturated carbocycles. The van der Waals surface area contributed by atoms with Gasteiger partial charge in [-0.15, -0.1) is 0 Å². The first-order valence-corrected chi connectivity index (χ1v) is 12.2. The van der Waals surface area contributed by atoms with Crippen LogP contribution in [0.15, 0.2) is 12.1 Å². The monoisotopic (exact) mass is 464 g/mol. The number of nitrogens with zero attached hydrogens (tertiary/aromatic N) is 1. The molecule has 0 aliphatic carbocycles. The second-order valence-electron chi connectivity index (χ2n) is 5.70. The predicted octanol–water partition coefficient (Wildman–Crippen LogP) is -0.666. The third-order valence-electron chi connectivity index (χ3n) is 3.21. The summed E-state index contributed by atoms with van der Waals surface area (Å²) in [5.74, 6) is -0.400. The number of nitrogens with one attached hydrogen (secondary N) is 2. The third-order valence-corrected chi connectivity index (χ3v) is 7.21. The van der Waals surface area contributed by atoms with Gasteiger partial charge in [0.15, 0.2) is 6.29 Å². The highest BCUT2D eigenvalue weighted by molar-refractivity contribution is 7.68. The highest BCUT2D eigenvalue weighted by Crippen LogP contribution is 2.65. The summed E-state index contributed by atoms with van der Waals surface area (Å²) in [6.45, 7) is 1.51. The van der Waals surface area contributed by atoms with E-state index >= 15 is 0 Å². The molecule has 1 aromatic rings. The molecule has 0 aromatic carbocycles. The van der Waals surface area contributed by atoms with Crippen LogP contribution in [-0.2, 0) is 33.5 Å². The zero-order valence-corrected chi connectivity index (χ0v) is 16.9. The lowest BCUT2D eigenvalue weighted by Gasteiger charge is -2.27. The number of ether oxygens (including phenoxy) is 1. The van der Waals surface area contributed by atoms with Gasteiger partial charge in [-0.2, -0.15) is 4.31 Å². The summed E-state index contributed by atoms with van der Waals surface area (Å²) in [4.78, 5) is 47.4. The first-order valence-electron chi connectivity index (χ1n) is 7.45. The van der Waals surface area contributed by atoms with Crippen molar-refractivity contribution in [2.24, 2.45) is 5.73 Å². The summed E-state index contributed by atoms with van der Waals surface area (Å²) >= 11 is 0. The van der Waals surface area contributed by atoms with Gasteiger partial charge >= 0.3 is 23.2 Å². The number of hydrogen-bond donors (Lipinski definition) is 7. The van der Waals surface area contributed by atoms with Gasteiger partial charge in [0, 0.05) is 12.1 Å². The first-order chi connectivity index (χ1) is 12.7. The van der Waals surface area contributed by atoms with Crippen LogP contribution in [0.1, 0.15) is 23.1 Å². The largest absolute Gasteiger partial charge is 0.488 e. The molecule has 4 atom stereocenters. The molecule has 160 valence electrons. The second kappa shape index (κ2) is 8.34. The van der Waals surface area contributed by atoms with Gasteiger partial charge in [0.25, 0.3) is 5.91 Å². The van der Waals surface area contributed by atoms with E-state index in [2.05, 4.69) is 19.4 Å². The Balaban J connectivity index is 1.95. The Bertz CT molecular complexity index is 882. The van der Waals surface area contributed by atoms with Gasteiger partial charge in [-0.05, 0) is 19.1 Å². The summed E-state index contributed by atoms with van der Waals surface area (Å²) in [6.07, 6.45) is -2.47. The van der Waals surface area contributed by atoms with Crippen molar-refractivity contribution in [2.45, 2.75) is 25.7 Å². The molecule has 0 spiro atoms. The molecule has 0 bridgehead atoms. The molecule has 1 aliphatic heterocycles. The number of fused-ring (bicyclic) bond motifs is 1. The Hall–Kier alpha value is -1.08. The number of amides is 1. The van der Waals surface area contributed by atoms with Crippen LogP contribution in [0.3, 0.4) is 0 Å². The minimum Gasteiger partial charge on any atom is -0.365 e. The quantitative estimate of drug-likeness (QED) is 0.225. The summed E-state index contributed by atoms with van der Waals surface area (Å²) in [6, 6.07) is 3.13. The number of rotatable bonds is 9. The maximum atomic E-state index is 11.8.